The number of nitrogens with one attached hydrogen (secondary N) is 2. The molecule has 0 aliphatic carbocycles. The molecule has 1 aromatic heterocycles. The summed E-state index contributed by atoms with van der Waals surface area (Å²) in [6.45, 7) is 2.43. The zero-order chi connectivity index (χ0) is 21.2. The Balaban J connectivity index is 1.28. The van der Waals surface area contributed by atoms with Crippen LogP contribution in [0.15, 0.2) is 66.9 Å². The molecule has 0 radical (unpaired) electrons. The van der Waals surface area contributed by atoms with Crippen LogP contribution in [0.3, 0.4) is 0 Å². The van der Waals surface area contributed by atoms with Crippen molar-refractivity contribution >= 4 is 11.9 Å². The molecule has 5 rings (SSSR count). The molecule has 7 heteroatoms. The summed E-state index contributed by atoms with van der Waals surface area (Å²) in [7, 11) is 0. The van der Waals surface area contributed by atoms with Gasteiger partial charge in [0.05, 0.1) is 31.0 Å². The number of hydrogen-bond donors (Lipinski definition) is 2. The van der Waals surface area contributed by atoms with Crippen molar-refractivity contribution in [3.8, 4) is 22.4 Å². The van der Waals surface area contributed by atoms with Crippen molar-refractivity contribution in [1.82, 2.24) is 15.3 Å². The number of carbonyl (C=O) groups is 1. The highest BCUT2D eigenvalue weighted by Gasteiger charge is 2.48. The maximum Gasteiger partial charge on any atom is 0.223 e. The van der Waals surface area contributed by atoms with Crippen molar-refractivity contribution in [3.63, 3.8) is 0 Å². The fraction of sp³-hybridized carbons (Fsp3) is 0.292. The number of rotatable bonds is 5. The first-order valence-corrected chi connectivity index (χ1v) is 10.4. The van der Waals surface area contributed by atoms with E-state index >= 15 is 0 Å². The number of carbonyl (C=O) groups excluding carboxylic acids is 1. The first-order valence-electron chi connectivity index (χ1n) is 10.4. The van der Waals surface area contributed by atoms with Crippen molar-refractivity contribution < 1.29 is 14.3 Å². The lowest BCUT2D eigenvalue weighted by atomic mass is 10.0. The second kappa shape index (κ2) is 8.45. The van der Waals surface area contributed by atoms with Gasteiger partial charge in [-0.05, 0) is 17.2 Å². The van der Waals surface area contributed by atoms with E-state index in [1.165, 1.54) is 12.5 Å². The Labute approximate surface area is 180 Å². The molecule has 1 amide bonds. The smallest absolute Gasteiger partial charge is 0.223 e. The van der Waals surface area contributed by atoms with Crippen LogP contribution >= 0.6 is 0 Å². The average molecular weight is 416 g/mol. The van der Waals surface area contributed by atoms with E-state index in [-0.39, 0.29) is 30.2 Å². The van der Waals surface area contributed by atoms with Crippen molar-refractivity contribution in [3.05, 3.63) is 66.9 Å². The highest BCUT2D eigenvalue weighted by atomic mass is 16.6. The Morgan fingerprint density at radius 3 is 2.26 bits per heavy atom. The van der Waals surface area contributed by atoms with Gasteiger partial charge < -0.3 is 20.1 Å². The molecule has 31 heavy (non-hydrogen) atoms. The molecule has 4 atom stereocenters. The zero-order valence-corrected chi connectivity index (χ0v) is 17.2. The lowest BCUT2D eigenvalue weighted by molar-refractivity contribution is -0.120. The largest absolute Gasteiger partial charge is 0.371 e. The number of aromatic nitrogens is 2. The average Bonchev–Trinajstić information content (AvgIpc) is 3.38. The second-order valence-electron chi connectivity index (χ2n) is 7.86. The van der Waals surface area contributed by atoms with Crippen molar-refractivity contribution in [2.24, 2.45) is 0 Å². The summed E-state index contributed by atoms with van der Waals surface area (Å²) in [5, 5.41) is 6.25. The third kappa shape index (κ3) is 4.15. The van der Waals surface area contributed by atoms with E-state index in [2.05, 4.69) is 57.0 Å². The van der Waals surface area contributed by atoms with E-state index in [9.17, 15) is 4.79 Å². The number of fused-ring (bicyclic) bond motifs is 1. The van der Waals surface area contributed by atoms with Crippen LogP contribution in [0.5, 0.6) is 0 Å². The van der Waals surface area contributed by atoms with Gasteiger partial charge in [-0.25, -0.2) is 9.97 Å². The topological polar surface area (TPSA) is 85.4 Å². The molecule has 0 saturated carbocycles. The molecule has 2 aliphatic heterocycles. The van der Waals surface area contributed by atoms with Crippen LogP contribution in [0.1, 0.15) is 6.92 Å². The summed E-state index contributed by atoms with van der Waals surface area (Å²) >= 11 is 0. The van der Waals surface area contributed by atoms with Crippen molar-refractivity contribution in [1.29, 1.82) is 0 Å². The van der Waals surface area contributed by atoms with Crippen LogP contribution in [0.2, 0.25) is 0 Å². The number of ether oxygens (including phenoxy) is 2. The molecule has 0 bridgehead atoms. The standard InChI is InChI=1S/C24H24N4O3/c1-15(29)26-20-13-30-23-21(14-31-22(20)23)28-24-25-12-11-19(27-24)18-9-7-17(8-10-18)16-5-3-2-4-6-16/h2-12,20-23H,13-14H2,1H3,(H,26,29)(H,25,27,28)/t20-,21-,22+,23+/m0/s1. The molecule has 2 fully saturated rings. The predicted molar refractivity (Wildman–Crippen MR) is 117 cm³/mol. The minimum absolute atomic E-state index is 0.0699. The van der Waals surface area contributed by atoms with Gasteiger partial charge in [0.2, 0.25) is 11.9 Å². The lowest BCUT2D eigenvalue weighted by Crippen LogP contribution is -2.44. The maximum absolute atomic E-state index is 11.4. The van der Waals surface area contributed by atoms with Crippen LogP contribution in [-0.2, 0) is 14.3 Å². The Morgan fingerprint density at radius 1 is 0.871 bits per heavy atom. The fourth-order valence-corrected chi connectivity index (χ4v) is 4.23. The molecule has 3 heterocycles. The maximum atomic E-state index is 11.4. The van der Waals surface area contributed by atoms with Crippen LogP contribution in [-0.4, -0.2) is 53.4 Å². The van der Waals surface area contributed by atoms with E-state index in [0.717, 1.165) is 16.8 Å². The molecule has 2 aromatic carbocycles. The molecule has 2 saturated heterocycles. The molecule has 158 valence electrons. The van der Waals surface area contributed by atoms with E-state index in [1.54, 1.807) is 6.20 Å². The van der Waals surface area contributed by atoms with Crippen LogP contribution in [0.4, 0.5) is 5.95 Å². The molecule has 7 nitrogen and oxygen atoms in total. The first kappa shape index (κ1) is 19.7. The number of anilines is 1. The van der Waals surface area contributed by atoms with E-state index in [4.69, 9.17) is 9.47 Å². The molecule has 0 spiro atoms. The fourth-order valence-electron chi connectivity index (χ4n) is 4.23. The second-order valence-corrected chi connectivity index (χ2v) is 7.86. The third-order valence-electron chi connectivity index (χ3n) is 5.70. The summed E-state index contributed by atoms with van der Waals surface area (Å²) in [6.07, 6.45) is 1.45. The number of amides is 1. The number of hydrogen-bond acceptors (Lipinski definition) is 6. The highest BCUT2D eigenvalue weighted by Crippen LogP contribution is 2.29. The first-order chi connectivity index (χ1) is 15.2. The molecular formula is C24H24N4O3. The number of nitrogens with zero attached hydrogens (tertiary/aromatic N) is 2. The Kier molecular flexibility index (Phi) is 5.36. The van der Waals surface area contributed by atoms with Gasteiger partial charge in [0.25, 0.3) is 0 Å². The van der Waals surface area contributed by atoms with Crippen molar-refractivity contribution in [2.45, 2.75) is 31.2 Å². The number of benzene rings is 2. The molecule has 2 N–H and O–H groups in total. The molecule has 0 unspecified atom stereocenters. The van der Waals surface area contributed by atoms with Crippen molar-refractivity contribution in [2.75, 3.05) is 18.5 Å². The predicted octanol–water partition coefficient (Wildman–Crippen LogP) is 2.89. The van der Waals surface area contributed by atoms with Gasteiger partial charge in [0.1, 0.15) is 12.2 Å². The summed E-state index contributed by atoms with van der Waals surface area (Å²) in [4.78, 5) is 20.4. The Morgan fingerprint density at radius 2 is 1.52 bits per heavy atom. The Hall–Kier alpha value is -3.29. The lowest BCUT2D eigenvalue weighted by Gasteiger charge is -2.18. The summed E-state index contributed by atoms with van der Waals surface area (Å²) in [6, 6.07) is 20.3. The van der Waals surface area contributed by atoms with E-state index in [1.807, 2.05) is 24.3 Å². The molecular weight excluding hydrogens is 392 g/mol. The van der Waals surface area contributed by atoms with Gasteiger partial charge in [-0.2, -0.15) is 0 Å². The molecule has 2 aliphatic rings. The highest BCUT2D eigenvalue weighted by molar-refractivity contribution is 5.73. The minimum Gasteiger partial charge on any atom is -0.371 e. The summed E-state index contributed by atoms with van der Waals surface area (Å²) < 4.78 is 11.8. The molecule has 3 aromatic rings. The van der Waals surface area contributed by atoms with Crippen LogP contribution < -0.4 is 10.6 Å². The van der Waals surface area contributed by atoms with Gasteiger partial charge >= 0.3 is 0 Å². The SMILES string of the molecule is CC(=O)N[C@H]1CO[C@H]2[C@@H]1OC[C@@H]2Nc1nccc(-c2ccc(-c3ccccc3)cc2)n1. The quantitative estimate of drug-likeness (QED) is 0.665. The Bertz CT molecular complexity index is 1060. The monoisotopic (exact) mass is 416 g/mol. The summed E-state index contributed by atoms with van der Waals surface area (Å²) in [5.74, 6) is 0.453. The van der Waals surface area contributed by atoms with Crippen LogP contribution in [0.25, 0.3) is 22.4 Å². The zero-order valence-electron chi connectivity index (χ0n) is 17.2. The van der Waals surface area contributed by atoms with Gasteiger partial charge in [-0.15, -0.1) is 0 Å². The van der Waals surface area contributed by atoms with E-state index < -0.39 is 0 Å². The summed E-state index contributed by atoms with van der Waals surface area (Å²) in [5.41, 5.74) is 4.21. The minimum atomic E-state index is -0.157. The van der Waals surface area contributed by atoms with Gasteiger partial charge in [-0.3, -0.25) is 4.79 Å². The normalized spacial score (nSPS) is 24.5. The van der Waals surface area contributed by atoms with Gasteiger partial charge in [-0.1, -0.05) is 54.6 Å². The van der Waals surface area contributed by atoms with E-state index in [0.29, 0.717) is 19.2 Å². The van der Waals surface area contributed by atoms with Gasteiger partial charge in [0.15, 0.2) is 0 Å². The van der Waals surface area contributed by atoms with Crippen LogP contribution in [0, 0.1) is 0 Å². The van der Waals surface area contributed by atoms with Gasteiger partial charge in [0, 0.05) is 18.7 Å². The third-order valence-corrected chi connectivity index (χ3v) is 5.70.